The molecule has 0 bridgehead atoms. The van der Waals surface area contributed by atoms with Crippen LogP contribution < -0.4 is 5.32 Å². The zero-order chi connectivity index (χ0) is 61.9. The Labute approximate surface area is 509 Å². The summed E-state index contributed by atoms with van der Waals surface area (Å²) in [6.07, 6.45) is 30.0. The molecular weight excluding hydrogens is 1090 g/mol. The van der Waals surface area contributed by atoms with E-state index in [2.05, 4.69) is 79.9 Å². The van der Waals surface area contributed by atoms with Crippen LogP contribution in [0, 0.1) is 0 Å². The zero-order valence-corrected chi connectivity index (χ0v) is 51.8. The second kappa shape index (κ2) is 48.4. The molecule has 85 heavy (non-hydrogen) atoms. The molecule has 1 amide bonds. The predicted molar refractivity (Wildman–Crippen MR) is 328 cm³/mol. The number of rotatable bonds is 49. The Balaban J connectivity index is 1.46. The quantitative estimate of drug-likeness (QED) is 0.0206. The molecule has 0 aliphatic carbocycles. The van der Waals surface area contributed by atoms with Gasteiger partial charge in [-0.2, -0.15) is 0 Å². The number of aliphatic hydroxyl groups excluding tert-OH is 11. The fourth-order valence-corrected chi connectivity index (χ4v) is 11.0. The molecule has 0 aromatic carbocycles. The van der Waals surface area contributed by atoms with E-state index in [1.165, 1.54) is 83.5 Å². The van der Waals surface area contributed by atoms with Gasteiger partial charge in [-0.3, -0.25) is 4.79 Å². The first kappa shape index (κ1) is 76.7. The summed E-state index contributed by atoms with van der Waals surface area (Å²) in [5.41, 5.74) is 0. The number of allylic oxidation sites excluding steroid dienone is 10. The van der Waals surface area contributed by atoms with Gasteiger partial charge in [0.25, 0.3) is 0 Å². The van der Waals surface area contributed by atoms with Crippen molar-refractivity contribution in [2.45, 2.75) is 324 Å². The van der Waals surface area contributed by atoms with Crippen LogP contribution in [0.3, 0.4) is 0 Å². The third-order valence-electron chi connectivity index (χ3n) is 16.4. The van der Waals surface area contributed by atoms with Gasteiger partial charge in [-0.15, -0.1) is 0 Å². The van der Waals surface area contributed by atoms with Crippen LogP contribution in [-0.2, 0) is 33.2 Å². The van der Waals surface area contributed by atoms with E-state index in [4.69, 9.17) is 28.4 Å². The molecule has 0 aromatic heterocycles. The van der Waals surface area contributed by atoms with Crippen molar-refractivity contribution in [3.05, 3.63) is 60.8 Å². The minimum absolute atomic E-state index is 0.251. The number of aliphatic hydroxyl groups is 11. The first-order valence-electron chi connectivity index (χ1n) is 33.0. The number of ether oxygens (including phenoxy) is 6. The number of carbonyl (C=O) groups excluding carboxylic acids is 1. The minimum Gasteiger partial charge on any atom is -0.394 e. The lowest BCUT2D eigenvalue weighted by Crippen LogP contribution is -2.66. The molecule has 17 atom stereocenters. The van der Waals surface area contributed by atoms with E-state index < -0.39 is 124 Å². The normalized spacial score (nSPS) is 29.4. The number of nitrogens with one attached hydrogen (secondary N) is 1. The second-order valence-electron chi connectivity index (χ2n) is 23.6. The molecule has 494 valence electrons. The summed E-state index contributed by atoms with van der Waals surface area (Å²) in [4.78, 5) is 13.4. The van der Waals surface area contributed by atoms with Crippen LogP contribution in [0.4, 0.5) is 0 Å². The van der Waals surface area contributed by atoms with Crippen molar-refractivity contribution in [2.75, 3.05) is 26.4 Å². The number of unbranched alkanes of at least 4 members (excludes halogenated alkanes) is 23. The van der Waals surface area contributed by atoms with Crippen molar-refractivity contribution in [2.24, 2.45) is 0 Å². The highest BCUT2D eigenvalue weighted by atomic mass is 16.8. The average Bonchev–Trinajstić information content (AvgIpc) is 3.64. The van der Waals surface area contributed by atoms with Gasteiger partial charge in [0.2, 0.25) is 5.91 Å². The maximum Gasteiger partial charge on any atom is 0.220 e. The lowest BCUT2D eigenvalue weighted by Gasteiger charge is -2.48. The lowest BCUT2D eigenvalue weighted by molar-refractivity contribution is -0.379. The van der Waals surface area contributed by atoms with Gasteiger partial charge in [-0.1, -0.05) is 216 Å². The van der Waals surface area contributed by atoms with Crippen LogP contribution in [-0.4, -0.2) is 193 Å². The SMILES string of the molecule is CC/C=C\C/C=C\C/C=C\C/C=C\C/C=C\CCCCCCCCCC(=O)NC(COC1OC(CO)C(OC2OC(CO)C(OC3OC(CO)C(O)C(O)C3O)C(O)C2O)C(O)C1O)C(O)CCCCCCCCCCCCCCCCCCC. The Morgan fingerprint density at radius 3 is 1.27 bits per heavy atom. The summed E-state index contributed by atoms with van der Waals surface area (Å²) >= 11 is 0. The van der Waals surface area contributed by atoms with E-state index >= 15 is 0 Å². The van der Waals surface area contributed by atoms with Gasteiger partial charge in [0.1, 0.15) is 73.2 Å². The van der Waals surface area contributed by atoms with Gasteiger partial charge in [0.05, 0.1) is 38.6 Å². The molecule has 0 saturated carbocycles. The molecule has 3 saturated heterocycles. The maximum atomic E-state index is 13.4. The van der Waals surface area contributed by atoms with Crippen LogP contribution in [0.15, 0.2) is 60.8 Å². The van der Waals surface area contributed by atoms with Crippen LogP contribution in [0.25, 0.3) is 0 Å². The van der Waals surface area contributed by atoms with E-state index in [1.807, 2.05) is 0 Å². The lowest BCUT2D eigenvalue weighted by atomic mass is 9.96. The topological polar surface area (TPSA) is 307 Å². The van der Waals surface area contributed by atoms with Gasteiger partial charge >= 0.3 is 0 Å². The molecule has 0 spiro atoms. The van der Waals surface area contributed by atoms with Crippen molar-refractivity contribution >= 4 is 5.91 Å². The van der Waals surface area contributed by atoms with E-state index in [0.29, 0.717) is 12.8 Å². The molecule has 19 nitrogen and oxygen atoms in total. The molecule has 19 heteroatoms. The minimum atomic E-state index is -1.98. The Hall–Kier alpha value is -2.51. The highest BCUT2D eigenvalue weighted by Gasteiger charge is 2.53. The smallest absolute Gasteiger partial charge is 0.220 e. The van der Waals surface area contributed by atoms with Crippen molar-refractivity contribution in [3.8, 4) is 0 Å². The molecular formula is C66H117NO18. The average molecular weight is 1210 g/mol. The Bertz CT molecular complexity index is 1780. The largest absolute Gasteiger partial charge is 0.394 e. The highest BCUT2D eigenvalue weighted by Crippen LogP contribution is 2.33. The van der Waals surface area contributed by atoms with Gasteiger partial charge in [0.15, 0.2) is 18.9 Å². The van der Waals surface area contributed by atoms with E-state index in [9.17, 15) is 61.0 Å². The molecule has 0 aromatic rings. The first-order chi connectivity index (χ1) is 41.3. The molecule has 3 aliphatic heterocycles. The van der Waals surface area contributed by atoms with Crippen LogP contribution in [0.5, 0.6) is 0 Å². The number of hydrogen-bond donors (Lipinski definition) is 12. The molecule has 0 radical (unpaired) electrons. The van der Waals surface area contributed by atoms with Crippen molar-refractivity contribution < 1.29 is 89.4 Å². The molecule has 3 fully saturated rings. The third kappa shape index (κ3) is 31.2. The number of carbonyl (C=O) groups is 1. The van der Waals surface area contributed by atoms with Gasteiger partial charge in [-0.05, 0) is 57.8 Å². The van der Waals surface area contributed by atoms with Gasteiger partial charge in [-0.25, -0.2) is 0 Å². The van der Waals surface area contributed by atoms with Crippen LogP contribution >= 0.6 is 0 Å². The van der Waals surface area contributed by atoms with Crippen LogP contribution in [0.1, 0.15) is 219 Å². The van der Waals surface area contributed by atoms with Crippen molar-refractivity contribution in [3.63, 3.8) is 0 Å². The number of amides is 1. The Morgan fingerprint density at radius 2 is 0.812 bits per heavy atom. The molecule has 3 aliphatic rings. The molecule has 3 heterocycles. The van der Waals surface area contributed by atoms with Crippen LogP contribution in [0.2, 0.25) is 0 Å². The predicted octanol–water partition coefficient (Wildman–Crippen LogP) is 7.60. The monoisotopic (exact) mass is 1210 g/mol. The van der Waals surface area contributed by atoms with Crippen molar-refractivity contribution in [1.82, 2.24) is 5.32 Å². The Morgan fingerprint density at radius 1 is 0.435 bits per heavy atom. The summed E-state index contributed by atoms with van der Waals surface area (Å²) in [5.74, 6) is -0.255. The van der Waals surface area contributed by atoms with Gasteiger partial charge in [0, 0.05) is 6.42 Å². The summed E-state index contributed by atoms with van der Waals surface area (Å²) in [7, 11) is 0. The van der Waals surface area contributed by atoms with Gasteiger partial charge < -0.3 is 89.9 Å². The summed E-state index contributed by atoms with van der Waals surface area (Å²) in [6, 6.07) is -0.896. The second-order valence-corrected chi connectivity index (χ2v) is 23.6. The van der Waals surface area contributed by atoms with E-state index in [1.54, 1.807) is 0 Å². The van der Waals surface area contributed by atoms with E-state index in [0.717, 1.165) is 103 Å². The van der Waals surface area contributed by atoms with E-state index in [-0.39, 0.29) is 18.9 Å². The summed E-state index contributed by atoms with van der Waals surface area (Å²) < 4.78 is 34.4. The standard InChI is InChI=1S/C66H117NO18/c1-3-5-7-9-11-13-15-17-19-21-22-23-24-25-26-28-30-32-34-36-38-40-42-44-54(72)67-49(50(71)43-41-39-37-35-33-31-29-27-20-18-16-14-12-10-8-6-4-2)48-80-64-60(78)57(75)62(52(46-69)82-64)85-66-61(79)58(76)63(53(47-70)83-66)84-65-59(77)56(74)55(73)51(45-68)81-65/h5,7,11,13,17,19,22-23,25-26,49-53,55-66,68-71,73-79H,3-4,6,8-10,12,14-16,18,20-21,24,27-48H2,1-2H3,(H,67,72)/b7-5-,13-11-,19-17-,23-22-,26-25-. The highest BCUT2D eigenvalue weighted by molar-refractivity contribution is 5.76. The summed E-state index contributed by atoms with van der Waals surface area (Å²) in [6.45, 7) is 1.67. The third-order valence-corrected chi connectivity index (χ3v) is 16.4. The number of hydrogen-bond acceptors (Lipinski definition) is 18. The Kier molecular flexibility index (Phi) is 43.7. The van der Waals surface area contributed by atoms with Crippen molar-refractivity contribution in [1.29, 1.82) is 0 Å². The molecule has 17 unspecified atom stereocenters. The summed E-state index contributed by atoms with van der Waals surface area (Å²) in [5, 5.41) is 121. The molecule has 12 N–H and O–H groups in total. The fraction of sp³-hybridized carbons (Fsp3) is 0.833. The fourth-order valence-electron chi connectivity index (χ4n) is 11.0. The maximum absolute atomic E-state index is 13.4. The zero-order valence-electron chi connectivity index (χ0n) is 51.8. The first-order valence-corrected chi connectivity index (χ1v) is 33.0. The molecule has 3 rings (SSSR count).